The van der Waals surface area contributed by atoms with Gasteiger partial charge in [-0.15, -0.1) is 0 Å². The topological polar surface area (TPSA) is 24.8 Å². The highest BCUT2D eigenvalue weighted by Gasteiger charge is 2.12. The number of piperidine rings is 1. The molecule has 0 saturated carbocycles. The standard InChI is InChI=1S/C21H26N2O/c1-16-7-9-19(13-17(16)2)22-15-18-8-10-20(14-21(18)24-3)23-11-5-4-6-12-23/h7-10,13-15H,4-6,11-12H2,1-3H3. The van der Waals surface area contributed by atoms with E-state index >= 15 is 0 Å². The average Bonchev–Trinajstić information content (AvgIpc) is 2.63. The summed E-state index contributed by atoms with van der Waals surface area (Å²) in [6.07, 6.45) is 5.79. The van der Waals surface area contributed by atoms with Crippen LogP contribution in [0.3, 0.4) is 0 Å². The Morgan fingerprint density at radius 2 is 1.75 bits per heavy atom. The van der Waals surface area contributed by atoms with Crippen LogP contribution in [0.2, 0.25) is 0 Å². The predicted octanol–water partition coefficient (Wildman–Crippen LogP) is 5.05. The zero-order valence-electron chi connectivity index (χ0n) is 14.9. The van der Waals surface area contributed by atoms with Crippen LogP contribution < -0.4 is 9.64 Å². The molecule has 1 aliphatic heterocycles. The minimum atomic E-state index is 0.880. The molecule has 3 nitrogen and oxygen atoms in total. The first kappa shape index (κ1) is 16.6. The number of hydrogen-bond acceptors (Lipinski definition) is 3. The fourth-order valence-corrected chi connectivity index (χ4v) is 3.11. The molecule has 0 amide bonds. The van der Waals surface area contributed by atoms with E-state index in [-0.39, 0.29) is 0 Å². The Hall–Kier alpha value is -2.29. The summed E-state index contributed by atoms with van der Waals surface area (Å²) in [5, 5.41) is 0. The Balaban J connectivity index is 1.82. The molecule has 0 unspecified atom stereocenters. The second kappa shape index (κ2) is 7.52. The van der Waals surface area contributed by atoms with Gasteiger partial charge in [0.05, 0.1) is 12.8 Å². The van der Waals surface area contributed by atoms with Crippen LogP contribution in [0.5, 0.6) is 5.75 Å². The molecule has 0 aromatic heterocycles. The number of hydrogen-bond donors (Lipinski definition) is 0. The Labute approximate surface area is 145 Å². The highest BCUT2D eigenvalue weighted by molar-refractivity contribution is 5.86. The number of ether oxygens (including phenoxy) is 1. The van der Waals surface area contributed by atoms with Crippen molar-refractivity contribution in [2.75, 3.05) is 25.1 Å². The average molecular weight is 322 g/mol. The van der Waals surface area contributed by atoms with Crippen LogP contribution in [0.1, 0.15) is 36.0 Å². The van der Waals surface area contributed by atoms with E-state index in [4.69, 9.17) is 4.74 Å². The molecule has 0 N–H and O–H groups in total. The number of methoxy groups -OCH3 is 1. The van der Waals surface area contributed by atoms with E-state index in [0.29, 0.717) is 0 Å². The highest BCUT2D eigenvalue weighted by atomic mass is 16.5. The lowest BCUT2D eigenvalue weighted by molar-refractivity contribution is 0.414. The molecule has 0 radical (unpaired) electrons. The number of aliphatic imine (C=N–C) groups is 1. The summed E-state index contributed by atoms with van der Waals surface area (Å²) in [4.78, 5) is 7.05. The van der Waals surface area contributed by atoms with E-state index < -0.39 is 0 Å². The van der Waals surface area contributed by atoms with Crippen molar-refractivity contribution >= 4 is 17.6 Å². The smallest absolute Gasteiger partial charge is 0.129 e. The van der Waals surface area contributed by atoms with Gasteiger partial charge < -0.3 is 9.64 Å². The predicted molar refractivity (Wildman–Crippen MR) is 102 cm³/mol. The minimum Gasteiger partial charge on any atom is -0.496 e. The van der Waals surface area contributed by atoms with E-state index in [0.717, 1.165) is 30.1 Å². The molecule has 126 valence electrons. The molecule has 1 saturated heterocycles. The first-order valence-corrected chi connectivity index (χ1v) is 8.71. The van der Waals surface area contributed by atoms with Crippen molar-refractivity contribution in [2.45, 2.75) is 33.1 Å². The van der Waals surface area contributed by atoms with Crippen molar-refractivity contribution in [3.8, 4) is 5.75 Å². The molecule has 1 aliphatic rings. The molecule has 0 bridgehead atoms. The number of rotatable bonds is 4. The fraction of sp³-hybridized carbons (Fsp3) is 0.381. The monoisotopic (exact) mass is 322 g/mol. The van der Waals surface area contributed by atoms with Gasteiger partial charge in [0.1, 0.15) is 5.75 Å². The second-order valence-corrected chi connectivity index (χ2v) is 6.50. The lowest BCUT2D eigenvalue weighted by Gasteiger charge is -2.29. The SMILES string of the molecule is COc1cc(N2CCCCC2)ccc1C=Nc1ccc(C)c(C)c1. The lowest BCUT2D eigenvalue weighted by atomic mass is 10.1. The maximum Gasteiger partial charge on any atom is 0.129 e. The van der Waals surface area contributed by atoms with Gasteiger partial charge in [-0.2, -0.15) is 0 Å². The van der Waals surface area contributed by atoms with Gasteiger partial charge in [-0.3, -0.25) is 4.99 Å². The summed E-state index contributed by atoms with van der Waals surface area (Å²) < 4.78 is 5.59. The van der Waals surface area contributed by atoms with Gasteiger partial charge in [0.15, 0.2) is 0 Å². The first-order chi connectivity index (χ1) is 11.7. The van der Waals surface area contributed by atoms with Crippen LogP contribution in [0.4, 0.5) is 11.4 Å². The van der Waals surface area contributed by atoms with Gasteiger partial charge in [0.2, 0.25) is 0 Å². The molecule has 24 heavy (non-hydrogen) atoms. The maximum absolute atomic E-state index is 5.59. The van der Waals surface area contributed by atoms with Crippen molar-refractivity contribution in [1.82, 2.24) is 0 Å². The van der Waals surface area contributed by atoms with Gasteiger partial charge in [-0.05, 0) is 68.5 Å². The van der Waals surface area contributed by atoms with Crippen molar-refractivity contribution in [3.05, 3.63) is 53.1 Å². The number of benzene rings is 2. The third kappa shape index (κ3) is 3.78. The van der Waals surface area contributed by atoms with Gasteiger partial charge in [0.25, 0.3) is 0 Å². The van der Waals surface area contributed by atoms with Crippen LogP contribution in [0.25, 0.3) is 0 Å². The molecule has 1 fully saturated rings. The quantitative estimate of drug-likeness (QED) is 0.736. The summed E-state index contributed by atoms with van der Waals surface area (Å²) >= 11 is 0. The van der Waals surface area contributed by atoms with Gasteiger partial charge in [-0.1, -0.05) is 6.07 Å². The van der Waals surface area contributed by atoms with E-state index in [1.54, 1.807) is 7.11 Å². The second-order valence-electron chi connectivity index (χ2n) is 6.50. The molecule has 2 aromatic rings. The van der Waals surface area contributed by atoms with Crippen molar-refractivity contribution in [2.24, 2.45) is 4.99 Å². The van der Waals surface area contributed by atoms with Crippen molar-refractivity contribution in [1.29, 1.82) is 0 Å². The Morgan fingerprint density at radius 3 is 2.46 bits per heavy atom. The Morgan fingerprint density at radius 1 is 0.958 bits per heavy atom. The van der Waals surface area contributed by atoms with E-state index in [2.05, 4.69) is 54.1 Å². The van der Waals surface area contributed by atoms with Crippen molar-refractivity contribution in [3.63, 3.8) is 0 Å². The van der Waals surface area contributed by atoms with Crippen LogP contribution in [0, 0.1) is 13.8 Å². The van der Waals surface area contributed by atoms with Gasteiger partial charge in [0, 0.05) is 36.6 Å². The molecule has 0 atom stereocenters. The van der Waals surface area contributed by atoms with Crippen LogP contribution in [-0.2, 0) is 0 Å². The van der Waals surface area contributed by atoms with Crippen LogP contribution >= 0.6 is 0 Å². The molecule has 1 heterocycles. The van der Waals surface area contributed by atoms with Crippen LogP contribution in [-0.4, -0.2) is 26.4 Å². The minimum absolute atomic E-state index is 0.880. The zero-order valence-corrected chi connectivity index (χ0v) is 14.9. The fourth-order valence-electron chi connectivity index (χ4n) is 3.11. The molecule has 0 aliphatic carbocycles. The van der Waals surface area contributed by atoms with E-state index in [1.165, 1.54) is 36.1 Å². The van der Waals surface area contributed by atoms with E-state index in [9.17, 15) is 0 Å². The van der Waals surface area contributed by atoms with Crippen molar-refractivity contribution < 1.29 is 4.74 Å². The van der Waals surface area contributed by atoms with Gasteiger partial charge in [-0.25, -0.2) is 0 Å². The normalized spacial score (nSPS) is 15.0. The molecule has 0 spiro atoms. The first-order valence-electron chi connectivity index (χ1n) is 8.71. The van der Waals surface area contributed by atoms with Gasteiger partial charge >= 0.3 is 0 Å². The summed E-state index contributed by atoms with van der Waals surface area (Å²) in [6, 6.07) is 12.7. The summed E-state index contributed by atoms with van der Waals surface area (Å²) in [5.74, 6) is 0.880. The number of anilines is 1. The van der Waals surface area contributed by atoms with Crippen LogP contribution in [0.15, 0.2) is 41.4 Å². The molecular formula is C21H26N2O. The number of nitrogens with zero attached hydrogens (tertiary/aromatic N) is 2. The largest absolute Gasteiger partial charge is 0.496 e. The summed E-state index contributed by atoms with van der Waals surface area (Å²) in [5.41, 5.74) is 5.78. The maximum atomic E-state index is 5.59. The molecule has 3 heteroatoms. The molecule has 3 rings (SSSR count). The third-order valence-electron chi connectivity index (χ3n) is 4.78. The van der Waals surface area contributed by atoms with E-state index in [1.807, 2.05) is 12.3 Å². The highest BCUT2D eigenvalue weighted by Crippen LogP contribution is 2.27. The molecular weight excluding hydrogens is 296 g/mol. The summed E-state index contributed by atoms with van der Waals surface area (Å²) in [7, 11) is 1.72. The Bertz CT molecular complexity index is 731. The summed E-state index contributed by atoms with van der Waals surface area (Å²) in [6.45, 7) is 6.51. The zero-order chi connectivity index (χ0) is 16.9. The Kier molecular flexibility index (Phi) is 5.19. The third-order valence-corrected chi connectivity index (χ3v) is 4.78. The lowest BCUT2D eigenvalue weighted by Crippen LogP contribution is -2.29. The molecule has 2 aromatic carbocycles. The number of aryl methyl sites for hydroxylation is 2.